The Labute approximate surface area is 218 Å². The van der Waals surface area contributed by atoms with Crippen LogP contribution in [0.4, 0.5) is 4.79 Å². The molecule has 12 heteroatoms. The van der Waals surface area contributed by atoms with Gasteiger partial charge in [0.25, 0.3) is 17.1 Å². The first kappa shape index (κ1) is 24.2. The zero-order chi connectivity index (χ0) is 25.1. The van der Waals surface area contributed by atoms with E-state index in [2.05, 4.69) is 20.5 Å². The van der Waals surface area contributed by atoms with Crippen molar-refractivity contribution in [1.82, 2.24) is 25.4 Å². The van der Waals surface area contributed by atoms with Gasteiger partial charge in [-0.05, 0) is 41.6 Å². The predicted octanol–water partition coefficient (Wildman–Crippen LogP) is 4.96. The molecule has 0 saturated carbocycles. The van der Waals surface area contributed by atoms with Gasteiger partial charge in [0.2, 0.25) is 0 Å². The summed E-state index contributed by atoms with van der Waals surface area (Å²) in [4.78, 5) is 43.7. The lowest BCUT2D eigenvalue weighted by molar-refractivity contribution is -0.122. The van der Waals surface area contributed by atoms with Crippen molar-refractivity contribution >= 4 is 69.2 Å². The molecule has 1 fully saturated rings. The number of carbonyl (C=O) groups excluding carboxylic acids is 3. The number of para-hydroxylation sites is 1. The van der Waals surface area contributed by atoms with Crippen molar-refractivity contribution in [1.29, 1.82) is 0 Å². The Morgan fingerprint density at radius 3 is 2.78 bits per heavy atom. The number of H-pyrrole nitrogens is 1. The van der Waals surface area contributed by atoms with Crippen molar-refractivity contribution in [3.05, 3.63) is 81.7 Å². The van der Waals surface area contributed by atoms with Gasteiger partial charge in [-0.2, -0.15) is 5.10 Å². The van der Waals surface area contributed by atoms with Gasteiger partial charge in [0, 0.05) is 34.8 Å². The number of aromatic amines is 1. The summed E-state index contributed by atoms with van der Waals surface area (Å²) in [6.07, 6.45) is 3.06. The van der Waals surface area contributed by atoms with E-state index in [4.69, 9.17) is 16.0 Å². The molecule has 5 rings (SSSR count). The molecule has 3 heterocycles. The molecule has 0 aliphatic carbocycles. The molecule has 4 aromatic rings. The summed E-state index contributed by atoms with van der Waals surface area (Å²) in [6, 6.07) is 14.3. The van der Waals surface area contributed by atoms with Crippen LogP contribution in [0.1, 0.15) is 21.7 Å². The number of nitrogens with zero attached hydrogens (tertiary/aromatic N) is 3. The smallest absolute Gasteiger partial charge is 0.293 e. The van der Waals surface area contributed by atoms with Gasteiger partial charge in [-0.3, -0.25) is 24.4 Å². The summed E-state index contributed by atoms with van der Waals surface area (Å²) in [5.41, 5.74) is 2.08. The number of benzene rings is 2. The predicted molar refractivity (Wildman–Crippen MR) is 139 cm³/mol. The van der Waals surface area contributed by atoms with Gasteiger partial charge in [0.1, 0.15) is 11.9 Å². The molecule has 9 nitrogen and oxygen atoms in total. The quantitative estimate of drug-likeness (QED) is 0.238. The Kier molecular flexibility index (Phi) is 7.12. The molecule has 2 aromatic heterocycles. The molecule has 1 aliphatic rings. The number of thioether (sulfide) groups is 2. The zero-order valence-electron chi connectivity index (χ0n) is 18.6. The van der Waals surface area contributed by atoms with E-state index in [1.165, 1.54) is 18.1 Å². The highest BCUT2D eigenvalue weighted by molar-refractivity contribution is 8.18. The topological polar surface area (TPSA) is 121 Å². The second kappa shape index (κ2) is 10.6. The molecular formula is C24H18ClN5O4S2. The number of furan rings is 1. The molecule has 3 amide bonds. The minimum atomic E-state index is -0.428. The van der Waals surface area contributed by atoms with E-state index < -0.39 is 11.8 Å². The summed E-state index contributed by atoms with van der Waals surface area (Å²) < 4.78 is 5.85. The SMILES string of the molecule is O=C(NCCN1C(=O)SC(=Cc2ccc(Cl)cc2)C1=O)c1oc2ccccc2c1CSc1ncn[nH]1. The zero-order valence-corrected chi connectivity index (χ0v) is 21.0. The third kappa shape index (κ3) is 5.18. The lowest BCUT2D eigenvalue weighted by Gasteiger charge is -2.12. The Hall–Kier alpha value is -3.54. The van der Waals surface area contributed by atoms with E-state index in [-0.39, 0.29) is 24.1 Å². The fourth-order valence-electron chi connectivity index (χ4n) is 3.59. The average Bonchev–Trinajstić information content (AvgIpc) is 3.59. The molecule has 1 aliphatic heterocycles. The van der Waals surface area contributed by atoms with Crippen LogP contribution in [0.5, 0.6) is 0 Å². The highest BCUT2D eigenvalue weighted by Crippen LogP contribution is 2.33. The first-order valence-corrected chi connectivity index (χ1v) is 13.0. The van der Waals surface area contributed by atoms with Crippen molar-refractivity contribution < 1.29 is 18.8 Å². The maximum atomic E-state index is 13.0. The van der Waals surface area contributed by atoms with Gasteiger partial charge in [-0.1, -0.05) is 53.7 Å². The van der Waals surface area contributed by atoms with E-state index in [1.54, 1.807) is 36.4 Å². The van der Waals surface area contributed by atoms with Crippen LogP contribution in [0.15, 0.2) is 69.3 Å². The van der Waals surface area contributed by atoms with E-state index in [9.17, 15) is 14.4 Å². The van der Waals surface area contributed by atoms with E-state index in [1.807, 2.05) is 18.2 Å². The van der Waals surface area contributed by atoms with Crippen LogP contribution >= 0.6 is 35.1 Å². The summed E-state index contributed by atoms with van der Waals surface area (Å²) >= 11 is 8.16. The van der Waals surface area contributed by atoms with Crippen molar-refractivity contribution in [2.24, 2.45) is 0 Å². The summed E-state index contributed by atoms with van der Waals surface area (Å²) in [5.74, 6) is -0.210. The lowest BCUT2D eigenvalue weighted by atomic mass is 10.1. The number of imide groups is 1. The number of carbonyl (C=O) groups is 3. The summed E-state index contributed by atoms with van der Waals surface area (Å²) in [7, 11) is 0. The van der Waals surface area contributed by atoms with Gasteiger partial charge in [0.05, 0.1) is 4.91 Å². The Bertz CT molecular complexity index is 1470. The Morgan fingerprint density at radius 2 is 2.00 bits per heavy atom. The van der Waals surface area contributed by atoms with Crippen LogP contribution in [0.2, 0.25) is 5.02 Å². The van der Waals surface area contributed by atoms with Crippen molar-refractivity contribution in [3.8, 4) is 0 Å². The molecule has 0 atom stereocenters. The number of aromatic nitrogens is 3. The Morgan fingerprint density at radius 1 is 1.19 bits per heavy atom. The first-order chi connectivity index (χ1) is 17.5. The number of nitrogens with one attached hydrogen (secondary N) is 2. The molecule has 2 N–H and O–H groups in total. The molecule has 0 unspecified atom stereocenters. The second-order valence-corrected chi connectivity index (χ2v) is 10.0. The fraction of sp³-hybridized carbons (Fsp3) is 0.125. The molecule has 0 bridgehead atoms. The van der Waals surface area contributed by atoms with Gasteiger partial charge >= 0.3 is 0 Å². The largest absolute Gasteiger partial charge is 0.451 e. The van der Waals surface area contributed by atoms with Gasteiger partial charge in [-0.25, -0.2) is 4.98 Å². The minimum Gasteiger partial charge on any atom is -0.451 e. The number of hydrogen-bond donors (Lipinski definition) is 2. The van der Waals surface area contributed by atoms with E-state index in [0.717, 1.165) is 33.2 Å². The Balaban J connectivity index is 1.25. The normalized spacial score (nSPS) is 14.8. The number of halogens is 1. The standard InChI is InChI=1S/C24H18ClN5O4S2/c25-15-7-5-14(6-8-15)11-19-22(32)30(24(33)36-19)10-9-26-21(31)20-17(12-35-23-27-13-28-29-23)16-3-1-2-4-18(16)34-20/h1-8,11,13H,9-10,12H2,(H,26,31)(H,27,28,29). The van der Waals surface area contributed by atoms with Crippen molar-refractivity contribution in [2.45, 2.75) is 10.9 Å². The highest BCUT2D eigenvalue weighted by Gasteiger charge is 2.34. The number of hydrogen-bond acceptors (Lipinski definition) is 8. The first-order valence-electron chi connectivity index (χ1n) is 10.8. The van der Waals surface area contributed by atoms with Crippen LogP contribution in [0, 0.1) is 0 Å². The van der Waals surface area contributed by atoms with E-state index in [0.29, 0.717) is 26.4 Å². The number of rotatable bonds is 8. The molecule has 36 heavy (non-hydrogen) atoms. The molecule has 1 saturated heterocycles. The monoisotopic (exact) mass is 539 g/mol. The molecule has 0 spiro atoms. The minimum absolute atomic E-state index is 0.0384. The third-order valence-corrected chi connectivity index (χ3v) is 7.38. The molecule has 182 valence electrons. The summed E-state index contributed by atoms with van der Waals surface area (Å²) in [6.45, 7) is 0.119. The van der Waals surface area contributed by atoms with Crippen LogP contribution in [-0.4, -0.2) is 50.2 Å². The second-order valence-electron chi connectivity index (χ2n) is 7.63. The average molecular weight is 540 g/mol. The van der Waals surface area contributed by atoms with Gasteiger partial charge in [-0.15, -0.1) is 0 Å². The maximum Gasteiger partial charge on any atom is 0.293 e. The number of amides is 3. The van der Waals surface area contributed by atoms with Crippen LogP contribution < -0.4 is 5.32 Å². The third-order valence-electron chi connectivity index (χ3n) is 5.31. The van der Waals surface area contributed by atoms with Crippen LogP contribution in [0.25, 0.3) is 17.0 Å². The molecule has 0 radical (unpaired) electrons. The molecular weight excluding hydrogens is 522 g/mol. The summed E-state index contributed by atoms with van der Waals surface area (Å²) in [5, 5.41) is 11.0. The maximum absolute atomic E-state index is 13.0. The lowest BCUT2D eigenvalue weighted by Crippen LogP contribution is -2.37. The molecule has 2 aromatic carbocycles. The van der Waals surface area contributed by atoms with Crippen LogP contribution in [0.3, 0.4) is 0 Å². The van der Waals surface area contributed by atoms with Gasteiger partial charge < -0.3 is 9.73 Å². The van der Waals surface area contributed by atoms with Crippen molar-refractivity contribution in [2.75, 3.05) is 13.1 Å². The van der Waals surface area contributed by atoms with Crippen LogP contribution in [-0.2, 0) is 10.5 Å². The fourth-order valence-corrected chi connectivity index (χ4v) is 5.39. The number of fused-ring (bicyclic) bond motifs is 1. The van der Waals surface area contributed by atoms with Gasteiger partial charge in [0.15, 0.2) is 10.9 Å². The van der Waals surface area contributed by atoms with Crippen molar-refractivity contribution in [3.63, 3.8) is 0 Å². The van der Waals surface area contributed by atoms with E-state index >= 15 is 0 Å². The highest BCUT2D eigenvalue weighted by atomic mass is 35.5.